The molecule has 1 N–H and O–H groups in total. The number of carbonyl (C=O) groups is 1. The van der Waals surface area contributed by atoms with E-state index in [0.29, 0.717) is 21.9 Å². The number of nitriles is 1. The summed E-state index contributed by atoms with van der Waals surface area (Å²) in [6.45, 7) is 0.324. The van der Waals surface area contributed by atoms with Crippen LogP contribution in [0, 0.1) is 21.4 Å². The summed E-state index contributed by atoms with van der Waals surface area (Å²) in [7, 11) is 0. The largest absolute Gasteiger partial charge is 0.347 e. The third-order valence-corrected chi connectivity index (χ3v) is 5.01. The van der Waals surface area contributed by atoms with Gasteiger partial charge in [0.1, 0.15) is 11.6 Å². The first-order valence-corrected chi connectivity index (χ1v) is 9.17. The van der Waals surface area contributed by atoms with Gasteiger partial charge in [0, 0.05) is 22.4 Å². The smallest absolute Gasteiger partial charge is 0.278 e. The first kappa shape index (κ1) is 19.0. The predicted molar refractivity (Wildman–Crippen MR) is 108 cm³/mol. The molecule has 0 bridgehead atoms. The van der Waals surface area contributed by atoms with Crippen molar-refractivity contribution in [1.29, 1.82) is 5.26 Å². The molecule has 0 saturated heterocycles. The maximum absolute atomic E-state index is 12.3. The number of thiophene rings is 1. The van der Waals surface area contributed by atoms with Gasteiger partial charge in [-0.2, -0.15) is 5.26 Å². The molecule has 0 saturated carbocycles. The van der Waals surface area contributed by atoms with E-state index in [2.05, 4.69) is 5.32 Å². The van der Waals surface area contributed by atoms with Crippen LogP contribution in [0.2, 0.25) is 0 Å². The summed E-state index contributed by atoms with van der Waals surface area (Å²) in [5.74, 6) is -0.466. The van der Waals surface area contributed by atoms with Gasteiger partial charge in [-0.25, -0.2) is 0 Å². The SMILES string of the molecule is N#C/C(=C\c1ccc(-c2ccccc2[N+](=O)[O-])s1)C(=O)NCc1ccccc1. The molecule has 0 aliphatic carbocycles. The van der Waals surface area contributed by atoms with Gasteiger partial charge in [-0.3, -0.25) is 14.9 Å². The van der Waals surface area contributed by atoms with Crippen LogP contribution in [-0.2, 0) is 11.3 Å². The van der Waals surface area contributed by atoms with E-state index in [1.54, 1.807) is 30.3 Å². The van der Waals surface area contributed by atoms with Gasteiger partial charge in [-0.15, -0.1) is 11.3 Å². The number of hydrogen-bond acceptors (Lipinski definition) is 5. The summed E-state index contributed by atoms with van der Waals surface area (Å²) in [6.07, 6.45) is 1.49. The molecule has 6 nitrogen and oxygen atoms in total. The number of nitro benzene ring substituents is 1. The summed E-state index contributed by atoms with van der Waals surface area (Å²) in [5.41, 5.74) is 1.43. The number of carbonyl (C=O) groups excluding carboxylic acids is 1. The molecular weight excluding hydrogens is 374 g/mol. The number of nitrogens with one attached hydrogen (secondary N) is 1. The quantitative estimate of drug-likeness (QED) is 0.290. The Morgan fingerprint density at radius 1 is 1.11 bits per heavy atom. The van der Waals surface area contributed by atoms with Crippen molar-refractivity contribution in [3.8, 4) is 16.5 Å². The standard InChI is InChI=1S/C21H15N3O3S/c22-13-16(21(25)23-14-15-6-2-1-3-7-15)12-17-10-11-20(28-17)18-8-4-5-9-19(18)24(26)27/h1-12H,14H2,(H,23,25)/b16-12+. The van der Waals surface area contributed by atoms with Crippen LogP contribution < -0.4 is 5.32 Å². The first-order chi connectivity index (χ1) is 13.6. The van der Waals surface area contributed by atoms with E-state index >= 15 is 0 Å². The van der Waals surface area contributed by atoms with Crippen molar-refractivity contribution in [1.82, 2.24) is 5.32 Å². The second-order valence-corrected chi connectivity index (χ2v) is 6.93. The minimum absolute atomic E-state index is 0.0148. The Bertz CT molecular complexity index is 1080. The van der Waals surface area contributed by atoms with Crippen LogP contribution in [-0.4, -0.2) is 10.8 Å². The Kier molecular flexibility index (Phi) is 5.94. The van der Waals surface area contributed by atoms with Crippen molar-refractivity contribution >= 4 is 29.0 Å². The van der Waals surface area contributed by atoms with E-state index in [1.807, 2.05) is 36.4 Å². The van der Waals surface area contributed by atoms with Crippen molar-refractivity contribution in [3.05, 3.63) is 92.9 Å². The molecule has 138 valence electrons. The molecule has 0 spiro atoms. The molecule has 0 fully saturated rings. The monoisotopic (exact) mass is 389 g/mol. The number of benzene rings is 2. The average Bonchev–Trinajstić information content (AvgIpc) is 3.19. The lowest BCUT2D eigenvalue weighted by atomic mass is 10.1. The molecule has 1 aromatic heterocycles. The highest BCUT2D eigenvalue weighted by molar-refractivity contribution is 7.16. The van der Waals surface area contributed by atoms with Crippen molar-refractivity contribution in [2.24, 2.45) is 0 Å². The van der Waals surface area contributed by atoms with Gasteiger partial charge in [-0.1, -0.05) is 42.5 Å². The fourth-order valence-electron chi connectivity index (χ4n) is 2.58. The summed E-state index contributed by atoms with van der Waals surface area (Å²) >= 11 is 1.28. The normalized spacial score (nSPS) is 10.9. The van der Waals surface area contributed by atoms with Crippen molar-refractivity contribution in [2.75, 3.05) is 0 Å². The Balaban J connectivity index is 1.78. The summed E-state index contributed by atoms with van der Waals surface area (Å²) in [6, 6.07) is 21.3. The molecule has 28 heavy (non-hydrogen) atoms. The highest BCUT2D eigenvalue weighted by Gasteiger charge is 2.16. The van der Waals surface area contributed by atoms with Gasteiger partial charge < -0.3 is 5.32 Å². The average molecular weight is 389 g/mol. The summed E-state index contributed by atoms with van der Waals surface area (Å²) in [5, 5.41) is 23.3. The third kappa shape index (κ3) is 4.50. The maximum atomic E-state index is 12.3. The van der Waals surface area contributed by atoms with Gasteiger partial charge in [0.25, 0.3) is 11.6 Å². The lowest BCUT2D eigenvalue weighted by molar-refractivity contribution is -0.384. The number of para-hydroxylation sites is 1. The number of nitrogens with zero attached hydrogens (tertiary/aromatic N) is 2. The predicted octanol–water partition coefficient (Wildman–Crippen LogP) is 4.55. The molecule has 1 amide bonds. The van der Waals surface area contributed by atoms with Crippen LogP contribution in [0.15, 0.2) is 72.3 Å². The molecule has 3 aromatic rings. The maximum Gasteiger partial charge on any atom is 0.278 e. The Morgan fingerprint density at radius 2 is 1.82 bits per heavy atom. The molecule has 0 atom stereocenters. The second-order valence-electron chi connectivity index (χ2n) is 5.81. The van der Waals surface area contributed by atoms with Gasteiger partial charge in [0.15, 0.2) is 0 Å². The van der Waals surface area contributed by atoms with Crippen molar-refractivity contribution < 1.29 is 9.72 Å². The molecular formula is C21H15N3O3S. The molecule has 7 heteroatoms. The fraction of sp³-hybridized carbons (Fsp3) is 0.0476. The van der Waals surface area contributed by atoms with Gasteiger partial charge in [0.2, 0.25) is 0 Å². The summed E-state index contributed by atoms with van der Waals surface area (Å²) < 4.78 is 0. The molecule has 3 rings (SSSR count). The van der Waals surface area contributed by atoms with Crippen molar-refractivity contribution in [3.63, 3.8) is 0 Å². The van der Waals surface area contributed by atoms with Crippen LogP contribution in [0.1, 0.15) is 10.4 Å². The topological polar surface area (TPSA) is 96.0 Å². The van der Waals surface area contributed by atoms with E-state index in [-0.39, 0.29) is 11.3 Å². The summed E-state index contributed by atoms with van der Waals surface area (Å²) in [4.78, 5) is 24.4. The van der Waals surface area contributed by atoms with Crippen LogP contribution >= 0.6 is 11.3 Å². The minimum atomic E-state index is -0.466. The van der Waals surface area contributed by atoms with Gasteiger partial charge >= 0.3 is 0 Å². The van der Waals surface area contributed by atoms with E-state index < -0.39 is 10.8 Å². The van der Waals surface area contributed by atoms with Crippen LogP contribution in [0.25, 0.3) is 16.5 Å². The number of nitro groups is 1. The zero-order valence-corrected chi connectivity index (χ0v) is 15.5. The highest BCUT2D eigenvalue weighted by Crippen LogP contribution is 2.35. The van der Waals surface area contributed by atoms with Crippen molar-refractivity contribution in [2.45, 2.75) is 6.54 Å². The number of rotatable bonds is 6. The van der Waals surface area contributed by atoms with Gasteiger partial charge in [0.05, 0.1) is 10.5 Å². The first-order valence-electron chi connectivity index (χ1n) is 8.36. The van der Waals surface area contributed by atoms with Crippen LogP contribution in [0.5, 0.6) is 0 Å². The third-order valence-electron chi connectivity index (χ3n) is 3.94. The Morgan fingerprint density at radius 3 is 2.54 bits per heavy atom. The van der Waals surface area contributed by atoms with E-state index in [9.17, 15) is 20.2 Å². The minimum Gasteiger partial charge on any atom is -0.347 e. The lowest BCUT2D eigenvalue weighted by Crippen LogP contribution is -2.23. The molecule has 0 aliphatic rings. The van der Waals surface area contributed by atoms with Crippen LogP contribution in [0.4, 0.5) is 5.69 Å². The number of amides is 1. The van der Waals surface area contributed by atoms with E-state index in [1.165, 1.54) is 23.5 Å². The fourth-order valence-corrected chi connectivity index (χ4v) is 3.57. The number of hydrogen-bond donors (Lipinski definition) is 1. The van der Waals surface area contributed by atoms with Gasteiger partial charge in [-0.05, 0) is 29.8 Å². The van der Waals surface area contributed by atoms with Crippen LogP contribution in [0.3, 0.4) is 0 Å². The molecule has 0 radical (unpaired) electrons. The zero-order valence-electron chi connectivity index (χ0n) is 14.7. The molecule has 0 aliphatic heterocycles. The zero-order chi connectivity index (χ0) is 19.9. The lowest BCUT2D eigenvalue weighted by Gasteiger charge is -2.04. The highest BCUT2D eigenvalue weighted by atomic mass is 32.1. The molecule has 2 aromatic carbocycles. The molecule has 1 heterocycles. The second kappa shape index (κ2) is 8.75. The van der Waals surface area contributed by atoms with E-state index in [4.69, 9.17) is 0 Å². The Labute approximate surface area is 165 Å². The Hall–Kier alpha value is -3.76. The van der Waals surface area contributed by atoms with E-state index in [0.717, 1.165) is 5.56 Å². The molecule has 0 unspecified atom stereocenters.